The quantitative estimate of drug-likeness (QED) is 0.0208. The number of carbonyl (C=O) groups excluding carboxylic acids is 8. The first-order valence-corrected chi connectivity index (χ1v) is 17.3. The molecule has 0 rings (SSSR count). The van der Waals surface area contributed by atoms with Crippen molar-refractivity contribution in [2.75, 3.05) is 19.8 Å². The molecule has 0 unspecified atom stereocenters. The Morgan fingerprint density at radius 1 is 0.571 bits per heavy atom. The normalized spacial score (nSPS) is 15.7. The number of carbonyl (C=O) groups is 9. The van der Waals surface area contributed by atoms with E-state index in [-0.39, 0.29) is 32.2 Å². The second-order valence-corrected chi connectivity index (χ2v) is 12.8. The zero-order chi connectivity index (χ0) is 43.3. The zero-order valence-electron chi connectivity index (χ0n) is 31.2. The smallest absolute Gasteiger partial charge is 0.303 e. The molecule has 0 spiro atoms. The minimum atomic E-state index is -1.87. The zero-order valence-corrected chi connectivity index (χ0v) is 31.2. The Bertz CT molecular complexity index is 1410. The largest absolute Gasteiger partial charge is 0.481 e. The number of aliphatic carboxylic acids is 1. The van der Waals surface area contributed by atoms with Crippen LogP contribution < -0.4 is 54.4 Å². The predicted octanol–water partition coefficient (Wildman–Crippen LogP) is -7.84. The van der Waals surface area contributed by atoms with Crippen molar-refractivity contribution in [3.8, 4) is 0 Å². The second-order valence-electron chi connectivity index (χ2n) is 12.8. The van der Waals surface area contributed by atoms with Crippen molar-refractivity contribution in [1.82, 2.24) is 37.2 Å². The van der Waals surface area contributed by atoms with E-state index in [2.05, 4.69) is 37.2 Å². The SMILES string of the molecule is C[C@@H](CCC(N)=O)C(=O)N[C@H](C(=O)N[C@@H](CCCNC(=N)N)C(=O)N[C@@H](CO)C(=O)N[C@@H](CO)C(=O)N[C@H](C(=O)N[C@@H](CCC(=O)O)C(N)=O)[C@@H](C)O)[C@@H](C)O. The van der Waals surface area contributed by atoms with Crippen LogP contribution in [0, 0.1) is 11.3 Å². The number of nitrogens with one attached hydrogen (secondary N) is 8. The molecule has 0 heterocycles. The molecule has 0 fully saturated rings. The lowest BCUT2D eigenvalue weighted by Crippen LogP contribution is -2.62. The van der Waals surface area contributed by atoms with Crippen LogP contribution in [0.5, 0.6) is 0 Å². The Kier molecular flexibility index (Phi) is 22.9. The Morgan fingerprint density at radius 2 is 1.00 bits per heavy atom. The maximum absolute atomic E-state index is 13.4. The standard InChI is InChI=1S/C31H55N11O14/c1-13(6-8-20(32)47)25(51)41-22(14(2)45)30(56)38-17(5-4-10-36-31(34)35)26(52)39-18(11-43)27(53)40-19(12-44)28(54)42-23(15(3)46)29(55)37-16(24(33)50)7-9-21(48)49/h13-19,22-23,43-46H,4-12H2,1-3H3,(H2,32,47)(H2,33,50)(H,37,55)(H,38,56)(H,39,52)(H,40,53)(H,41,51)(H,42,54)(H,48,49)(H4,34,35,36)/t13-,14+,15+,16-,17-,18-,19-,22-,23-/m0/s1. The number of carboxylic acid groups (broad SMARTS) is 1. The number of nitrogens with two attached hydrogens (primary N) is 3. The highest BCUT2D eigenvalue weighted by Crippen LogP contribution is 2.08. The highest BCUT2D eigenvalue weighted by Gasteiger charge is 2.35. The summed E-state index contributed by atoms with van der Waals surface area (Å²) in [7, 11) is 0. The molecule has 19 N–H and O–H groups in total. The van der Waals surface area contributed by atoms with Gasteiger partial charge in [-0.25, -0.2) is 0 Å². The van der Waals surface area contributed by atoms with E-state index >= 15 is 0 Å². The van der Waals surface area contributed by atoms with Crippen LogP contribution in [0.2, 0.25) is 0 Å². The molecule has 0 aliphatic carbocycles. The summed E-state index contributed by atoms with van der Waals surface area (Å²) in [6.45, 7) is 1.53. The van der Waals surface area contributed by atoms with E-state index in [1.165, 1.54) is 13.8 Å². The van der Waals surface area contributed by atoms with Crippen molar-refractivity contribution >= 4 is 59.2 Å². The van der Waals surface area contributed by atoms with E-state index in [4.69, 9.17) is 27.7 Å². The molecule has 0 radical (unpaired) electrons. The van der Waals surface area contributed by atoms with Crippen LogP contribution in [-0.2, 0) is 43.2 Å². The highest BCUT2D eigenvalue weighted by molar-refractivity contribution is 5.97. The van der Waals surface area contributed by atoms with Gasteiger partial charge in [-0.05, 0) is 39.5 Å². The lowest BCUT2D eigenvalue weighted by atomic mass is 10.0. The molecular weight excluding hydrogens is 750 g/mol. The number of aliphatic hydroxyl groups is 4. The van der Waals surface area contributed by atoms with Crippen LogP contribution in [0.15, 0.2) is 0 Å². The molecule has 8 amide bonds. The third-order valence-corrected chi connectivity index (χ3v) is 7.95. The molecule has 25 nitrogen and oxygen atoms in total. The molecule has 0 saturated heterocycles. The molecule has 9 atom stereocenters. The predicted molar refractivity (Wildman–Crippen MR) is 192 cm³/mol. The van der Waals surface area contributed by atoms with Crippen LogP contribution in [-0.4, -0.2) is 153 Å². The van der Waals surface area contributed by atoms with Gasteiger partial charge in [0.05, 0.1) is 25.4 Å². The summed E-state index contributed by atoms with van der Waals surface area (Å²) in [6.07, 6.45) is -4.32. The van der Waals surface area contributed by atoms with Crippen LogP contribution in [0.4, 0.5) is 0 Å². The van der Waals surface area contributed by atoms with Gasteiger partial charge in [-0.15, -0.1) is 0 Å². The minimum absolute atomic E-state index is 0.0386. The van der Waals surface area contributed by atoms with E-state index in [9.17, 15) is 63.6 Å². The van der Waals surface area contributed by atoms with Gasteiger partial charge in [0, 0.05) is 25.3 Å². The molecule has 25 heteroatoms. The molecular formula is C31H55N11O14. The lowest BCUT2D eigenvalue weighted by Gasteiger charge is -2.27. The average molecular weight is 806 g/mol. The van der Waals surface area contributed by atoms with Gasteiger partial charge < -0.3 is 80.0 Å². The molecule has 318 valence electrons. The van der Waals surface area contributed by atoms with Gasteiger partial charge in [-0.3, -0.25) is 48.6 Å². The number of hydrogen-bond acceptors (Lipinski definition) is 14. The summed E-state index contributed by atoms with van der Waals surface area (Å²) in [5, 5.41) is 71.9. The topological polar surface area (TPSA) is 441 Å². The fourth-order valence-electron chi connectivity index (χ4n) is 4.66. The van der Waals surface area contributed by atoms with Gasteiger partial charge in [0.25, 0.3) is 0 Å². The summed E-state index contributed by atoms with van der Waals surface area (Å²) in [4.78, 5) is 112. The summed E-state index contributed by atoms with van der Waals surface area (Å²) >= 11 is 0. The number of rotatable bonds is 27. The van der Waals surface area contributed by atoms with Crippen molar-refractivity contribution in [3.63, 3.8) is 0 Å². The van der Waals surface area contributed by atoms with E-state index in [1.807, 2.05) is 0 Å². The summed E-state index contributed by atoms with van der Waals surface area (Å²) in [5.41, 5.74) is 15.6. The number of carboxylic acids is 1. The number of guanidine groups is 1. The van der Waals surface area contributed by atoms with Gasteiger partial charge in [0.1, 0.15) is 36.3 Å². The van der Waals surface area contributed by atoms with Crippen molar-refractivity contribution in [2.24, 2.45) is 23.1 Å². The Hall–Kier alpha value is -5.66. The van der Waals surface area contributed by atoms with Crippen LogP contribution in [0.3, 0.4) is 0 Å². The van der Waals surface area contributed by atoms with Crippen molar-refractivity contribution in [3.05, 3.63) is 0 Å². The third-order valence-electron chi connectivity index (χ3n) is 7.95. The number of aliphatic hydroxyl groups excluding tert-OH is 4. The Morgan fingerprint density at radius 3 is 1.41 bits per heavy atom. The first-order valence-electron chi connectivity index (χ1n) is 17.3. The molecule has 0 bridgehead atoms. The highest BCUT2D eigenvalue weighted by atomic mass is 16.4. The number of hydrogen-bond donors (Lipinski definition) is 16. The maximum Gasteiger partial charge on any atom is 0.303 e. The molecule has 0 aromatic rings. The van der Waals surface area contributed by atoms with Crippen molar-refractivity contribution in [1.29, 1.82) is 5.41 Å². The summed E-state index contributed by atoms with van der Waals surface area (Å²) < 4.78 is 0. The van der Waals surface area contributed by atoms with E-state index in [0.717, 1.165) is 6.92 Å². The van der Waals surface area contributed by atoms with Gasteiger partial charge in [0.2, 0.25) is 47.3 Å². The summed E-state index contributed by atoms with van der Waals surface area (Å²) in [6, 6.07) is -10.1. The second kappa shape index (κ2) is 25.4. The summed E-state index contributed by atoms with van der Waals surface area (Å²) in [5.74, 6) is -10.8. The van der Waals surface area contributed by atoms with Crippen LogP contribution in [0.25, 0.3) is 0 Å². The van der Waals surface area contributed by atoms with Crippen LogP contribution >= 0.6 is 0 Å². The lowest BCUT2D eigenvalue weighted by molar-refractivity contribution is -0.138. The minimum Gasteiger partial charge on any atom is -0.481 e. The van der Waals surface area contributed by atoms with E-state index in [0.29, 0.717) is 0 Å². The van der Waals surface area contributed by atoms with E-state index in [1.54, 1.807) is 0 Å². The first-order chi connectivity index (χ1) is 26.0. The molecule has 0 aliphatic heterocycles. The molecule has 56 heavy (non-hydrogen) atoms. The first kappa shape index (κ1) is 50.3. The van der Waals surface area contributed by atoms with Gasteiger partial charge >= 0.3 is 5.97 Å². The molecule has 0 saturated carbocycles. The Balaban J connectivity index is 5.96. The fraction of sp³-hybridized carbons (Fsp3) is 0.677. The number of primary amides is 2. The number of amides is 8. The Labute approximate surface area is 321 Å². The third kappa shape index (κ3) is 19.1. The molecule has 0 aliphatic rings. The van der Waals surface area contributed by atoms with Gasteiger partial charge in [-0.2, -0.15) is 0 Å². The molecule has 0 aromatic carbocycles. The van der Waals surface area contributed by atoms with E-state index < -0.39 is 140 Å². The monoisotopic (exact) mass is 805 g/mol. The maximum atomic E-state index is 13.4. The fourth-order valence-corrected chi connectivity index (χ4v) is 4.66. The molecule has 0 aromatic heterocycles. The van der Waals surface area contributed by atoms with Gasteiger partial charge in [-0.1, -0.05) is 6.92 Å². The van der Waals surface area contributed by atoms with Gasteiger partial charge in [0.15, 0.2) is 5.96 Å². The van der Waals surface area contributed by atoms with Crippen molar-refractivity contribution in [2.45, 2.75) is 108 Å². The van der Waals surface area contributed by atoms with Crippen LogP contribution in [0.1, 0.15) is 59.3 Å². The average Bonchev–Trinajstić information content (AvgIpc) is 3.11. The van der Waals surface area contributed by atoms with Crippen molar-refractivity contribution < 1.29 is 68.7 Å².